The van der Waals surface area contributed by atoms with E-state index < -0.39 is 0 Å². The molecule has 118 valence electrons. The van der Waals surface area contributed by atoms with Crippen molar-refractivity contribution in [3.63, 3.8) is 0 Å². The average Bonchev–Trinajstić information content (AvgIpc) is 2.36. The molecule has 0 bridgehead atoms. The summed E-state index contributed by atoms with van der Waals surface area (Å²) in [6, 6.07) is 0.255. The monoisotopic (exact) mass is 356 g/mol. The van der Waals surface area contributed by atoms with Gasteiger partial charge >= 0.3 is 0 Å². The van der Waals surface area contributed by atoms with Crippen molar-refractivity contribution in [3.8, 4) is 0 Å². The van der Waals surface area contributed by atoms with Gasteiger partial charge in [-0.05, 0) is 61.9 Å². The summed E-state index contributed by atoms with van der Waals surface area (Å²) in [6.45, 7) is 8.33. The summed E-state index contributed by atoms with van der Waals surface area (Å²) >= 11 is 3.49. The number of aliphatic hydroxyl groups is 1. The van der Waals surface area contributed by atoms with Crippen LogP contribution in [0.1, 0.15) is 47.0 Å². The molecule has 1 aromatic heterocycles. The predicted octanol–water partition coefficient (Wildman–Crippen LogP) is 3.41. The molecule has 5 nitrogen and oxygen atoms in total. The van der Waals surface area contributed by atoms with E-state index in [1.807, 2.05) is 0 Å². The van der Waals surface area contributed by atoms with Gasteiger partial charge in [-0.1, -0.05) is 6.92 Å². The Morgan fingerprint density at radius 1 is 1.33 bits per heavy atom. The second-order valence-electron chi connectivity index (χ2n) is 6.96. The summed E-state index contributed by atoms with van der Waals surface area (Å²) in [6.07, 6.45) is 4.38. The van der Waals surface area contributed by atoms with Gasteiger partial charge in [0.1, 0.15) is 5.82 Å². The lowest BCUT2D eigenvalue weighted by molar-refractivity contribution is 0.0739. The number of halogens is 1. The zero-order valence-electron chi connectivity index (χ0n) is 13.2. The number of aromatic nitrogens is 2. The highest BCUT2D eigenvalue weighted by atomic mass is 79.9. The standard InChI is InChI=1S/C15H25BrN4O/c1-9-5-6-10(7-12(9)21)18-13-11(16)8-17-14(19-13)20-15(2,3)4/h8-10,12,21H,5-7H2,1-4H3,(H2,17,18,19,20). The van der Waals surface area contributed by atoms with Crippen molar-refractivity contribution in [1.82, 2.24) is 9.97 Å². The van der Waals surface area contributed by atoms with E-state index in [-0.39, 0.29) is 17.7 Å². The van der Waals surface area contributed by atoms with Crippen LogP contribution in [0.3, 0.4) is 0 Å². The molecule has 0 amide bonds. The van der Waals surface area contributed by atoms with Crippen LogP contribution in [0.25, 0.3) is 0 Å². The molecule has 3 N–H and O–H groups in total. The highest BCUT2D eigenvalue weighted by Crippen LogP contribution is 2.29. The first-order chi connectivity index (χ1) is 9.74. The fraction of sp³-hybridized carbons (Fsp3) is 0.733. The molecule has 6 heteroatoms. The molecule has 1 aromatic rings. The van der Waals surface area contributed by atoms with Crippen LogP contribution in [0.5, 0.6) is 0 Å². The lowest BCUT2D eigenvalue weighted by Crippen LogP contribution is -2.35. The summed E-state index contributed by atoms with van der Waals surface area (Å²) in [5, 5.41) is 16.7. The molecule has 0 spiro atoms. The smallest absolute Gasteiger partial charge is 0.225 e. The van der Waals surface area contributed by atoms with E-state index in [0.29, 0.717) is 11.9 Å². The Morgan fingerprint density at radius 3 is 2.67 bits per heavy atom. The summed E-state index contributed by atoms with van der Waals surface area (Å²) in [4.78, 5) is 8.82. The number of nitrogens with one attached hydrogen (secondary N) is 2. The van der Waals surface area contributed by atoms with Crippen molar-refractivity contribution in [2.24, 2.45) is 5.92 Å². The minimum absolute atomic E-state index is 0.0818. The largest absolute Gasteiger partial charge is 0.393 e. The minimum Gasteiger partial charge on any atom is -0.393 e. The normalized spacial score (nSPS) is 26.5. The maximum atomic E-state index is 10.0. The first-order valence-corrected chi connectivity index (χ1v) is 8.29. The maximum Gasteiger partial charge on any atom is 0.225 e. The van der Waals surface area contributed by atoms with Crippen molar-refractivity contribution in [1.29, 1.82) is 0 Å². The van der Waals surface area contributed by atoms with Crippen LogP contribution in [0, 0.1) is 5.92 Å². The van der Waals surface area contributed by atoms with Crippen LogP contribution in [0.15, 0.2) is 10.7 Å². The Bertz CT molecular complexity index is 489. The Balaban J connectivity index is 2.07. The fourth-order valence-corrected chi connectivity index (χ4v) is 2.79. The molecular weight excluding hydrogens is 332 g/mol. The number of aliphatic hydroxyl groups excluding tert-OH is 1. The van der Waals surface area contributed by atoms with Gasteiger partial charge in [0.15, 0.2) is 0 Å². The van der Waals surface area contributed by atoms with E-state index in [0.717, 1.165) is 29.6 Å². The van der Waals surface area contributed by atoms with Crippen LogP contribution in [0.2, 0.25) is 0 Å². The molecule has 1 aliphatic carbocycles. The number of rotatable bonds is 3. The van der Waals surface area contributed by atoms with E-state index in [4.69, 9.17) is 0 Å². The Labute approximate surface area is 135 Å². The first-order valence-electron chi connectivity index (χ1n) is 7.50. The summed E-state index contributed by atoms with van der Waals surface area (Å²) < 4.78 is 0.843. The molecule has 3 unspecified atom stereocenters. The van der Waals surface area contributed by atoms with Crippen LogP contribution in [0.4, 0.5) is 11.8 Å². The molecule has 0 aliphatic heterocycles. The van der Waals surface area contributed by atoms with Gasteiger partial charge in [0.25, 0.3) is 0 Å². The van der Waals surface area contributed by atoms with E-state index in [9.17, 15) is 5.11 Å². The third kappa shape index (κ3) is 4.81. The summed E-state index contributed by atoms with van der Waals surface area (Å²) in [5.74, 6) is 1.77. The fourth-order valence-electron chi connectivity index (χ4n) is 2.49. The minimum atomic E-state index is -0.232. The van der Waals surface area contributed by atoms with E-state index in [1.165, 1.54) is 0 Å². The SMILES string of the molecule is CC1CCC(Nc2nc(NC(C)(C)C)ncc2Br)CC1O. The number of hydrogen-bond acceptors (Lipinski definition) is 5. The van der Waals surface area contributed by atoms with Gasteiger partial charge in [0.05, 0.1) is 10.6 Å². The van der Waals surface area contributed by atoms with Gasteiger partial charge in [0.2, 0.25) is 5.95 Å². The highest BCUT2D eigenvalue weighted by Gasteiger charge is 2.26. The first kappa shape index (κ1) is 16.5. The van der Waals surface area contributed by atoms with Crippen LogP contribution < -0.4 is 10.6 Å². The molecule has 1 aliphatic rings. The molecule has 21 heavy (non-hydrogen) atoms. The third-order valence-electron chi connectivity index (χ3n) is 3.73. The van der Waals surface area contributed by atoms with Crippen molar-refractivity contribution in [2.75, 3.05) is 10.6 Å². The van der Waals surface area contributed by atoms with Gasteiger partial charge in [-0.15, -0.1) is 0 Å². The topological polar surface area (TPSA) is 70.1 Å². The second kappa shape index (κ2) is 6.48. The van der Waals surface area contributed by atoms with Crippen molar-refractivity contribution < 1.29 is 5.11 Å². The maximum absolute atomic E-state index is 10.0. The summed E-state index contributed by atoms with van der Waals surface area (Å²) in [7, 11) is 0. The lowest BCUT2D eigenvalue weighted by Gasteiger charge is -2.32. The number of nitrogens with zero attached hydrogens (tertiary/aromatic N) is 2. The van der Waals surface area contributed by atoms with Gasteiger partial charge in [-0.2, -0.15) is 4.98 Å². The molecular formula is C15H25BrN4O. The van der Waals surface area contributed by atoms with Crippen molar-refractivity contribution >= 4 is 27.7 Å². The lowest BCUT2D eigenvalue weighted by atomic mass is 9.85. The molecule has 0 radical (unpaired) electrons. The Hall–Kier alpha value is -0.880. The van der Waals surface area contributed by atoms with E-state index in [2.05, 4.69) is 64.2 Å². The second-order valence-corrected chi connectivity index (χ2v) is 7.82. The quantitative estimate of drug-likeness (QED) is 0.773. The van der Waals surface area contributed by atoms with Crippen LogP contribution >= 0.6 is 15.9 Å². The number of anilines is 2. The van der Waals surface area contributed by atoms with Crippen LogP contribution in [-0.4, -0.2) is 32.8 Å². The van der Waals surface area contributed by atoms with Gasteiger partial charge in [-0.3, -0.25) is 0 Å². The predicted molar refractivity (Wildman–Crippen MR) is 89.5 cm³/mol. The zero-order chi connectivity index (χ0) is 15.6. The van der Waals surface area contributed by atoms with Crippen molar-refractivity contribution in [3.05, 3.63) is 10.7 Å². The molecule has 1 fully saturated rings. The molecule has 3 atom stereocenters. The Morgan fingerprint density at radius 2 is 2.05 bits per heavy atom. The Kier molecular flexibility index (Phi) is 5.09. The summed E-state index contributed by atoms with van der Waals surface area (Å²) in [5.41, 5.74) is -0.0818. The van der Waals surface area contributed by atoms with E-state index >= 15 is 0 Å². The molecule has 1 heterocycles. The highest BCUT2D eigenvalue weighted by molar-refractivity contribution is 9.10. The van der Waals surface area contributed by atoms with Gasteiger partial charge in [-0.25, -0.2) is 4.98 Å². The molecule has 0 aromatic carbocycles. The molecule has 2 rings (SSSR count). The average molecular weight is 357 g/mol. The van der Waals surface area contributed by atoms with Crippen LogP contribution in [-0.2, 0) is 0 Å². The zero-order valence-corrected chi connectivity index (χ0v) is 14.7. The van der Waals surface area contributed by atoms with Crippen molar-refractivity contribution in [2.45, 2.75) is 64.6 Å². The van der Waals surface area contributed by atoms with Gasteiger partial charge < -0.3 is 15.7 Å². The number of hydrogen-bond donors (Lipinski definition) is 3. The molecule has 0 saturated heterocycles. The third-order valence-corrected chi connectivity index (χ3v) is 4.31. The van der Waals surface area contributed by atoms with Gasteiger partial charge in [0, 0.05) is 17.8 Å². The van der Waals surface area contributed by atoms with E-state index in [1.54, 1.807) is 6.20 Å². The molecule has 1 saturated carbocycles.